The molecule has 2 atom stereocenters. The van der Waals surface area contributed by atoms with Crippen molar-refractivity contribution in [3.05, 3.63) is 0 Å². The highest BCUT2D eigenvalue weighted by Crippen LogP contribution is 2.14. The summed E-state index contributed by atoms with van der Waals surface area (Å²) in [5.41, 5.74) is 0. The third-order valence-electron chi connectivity index (χ3n) is 3.57. The van der Waals surface area contributed by atoms with Crippen molar-refractivity contribution in [3.63, 3.8) is 0 Å². The van der Waals surface area contributed by atoms with E-state index in [1.165, 1.54) is 38.5 Å². The predicted molar refractivity (Wildman–Crippen MR) is 73.7 cm³/mol. The zero-order chi connectivity index (χ0) is 13.1. The molecule has 18 heavy (non-hydrogen) atoms. The first-order chi connectivity index (χ1) is 8.86. The fourth-order valence-electron chi connectivity index (χ4n) is 2.23. The molecule has 1 saturated heterocycles. The molecule has 1 aliphatic heterocycles. The lowest BCUT2D eigenvalue weighted by molar-refractivity contribution is -0.169. The fraction of sp³-hybridized carbons (Fsp3) is 1.00. The number of rotatable bonds is 10. The molecule has 1 aliphatic rings. The molecule has 0 amide bonds. The highest BCUT2D eigenvalue weighted by atomic mass is 16.7. The molecule has 108 valence electrons. The van der Waals surface area contributed by atoms with Crippen molar-refractivity contribution >= 4 is 0 Å². The molecule has 3 heteroatoms. The Hall–Kier alpha value is -0.120. The first-order valence-corrected chi connectivity index (χ1v) is 7.67. The SMILES string of the molecule is CCCCC(CC)COCCOC1CCCCO1. The monoisotopic (exact) mass is 258 g/mol. The van der Waals surface area contributed by atoms with E-state index in [1.54, 1.807) is 0 Å². The molecular weight excluding hydrogens is 228 g/mol. The fourth-order valence-corrected chi connectivity index (χ4v) is 2.23. The van der Waals surface area contributed by atoms with Crippen molar-refractivity contribution in [2.24, 2.45) is 5.92 Å². The highest BCUT2D eigenvalue weighted by Gasteiger charge is 2.13. The van der Waals surface area contributed by atoms with Gasteiger partial charge in [0.15, 0.2) is 6.29 Å². The van der Waals surface area contributed by atoms with Crippen LogP contribution in [0.15, 0.2) is 0 Å². The maximum atomic E-state index is 5.69. The third kappa shape index (κ3) is 7.34. The number of hydrogen-bond donors (Lipinski definition) is 0. The van der Waals surface area contributed by atoms with Gasteiger partial charge in [0.05, 0.1) is 13.2 Å². The maximum absolute atomic E-state index is 5.69. The van der Waals surface area contributed by atoms with Gasteiger partial charge in [-0.15, -0.1) is 0 Å². The minimum atomic E-state index is 0.0180. The second-order valence-corrected chi connectivity index (χ2v) is 5.16. The summed E-state index contributed by atoms with van der Waals surface area (Å²) in [4.78, 5) is 0. The summed E-state index contributed by atoms with van der Waals surface area (Å²) in [7, 11) is 0. The molecule has 0 aromatic heterocycles. The summed E-state index contributed by atoms with van der Waals surface area (Å²) in [5, 5.41) is 0. The van der Waals surface area contributed by atoms with Gasteiger partial charge in [0, 0.05) is 13.2 Å². The van der Waals surface area contributed by atoms with E-state index in [9.17, 15) is 0 Å². The van der Waals surface area contributed by atoms with Crippen molar-refractivity contribution in [1.29, 1.82) is 0 Å². The van der Waals surface area contributed by atoms with Crippen molar-refractivity contribution in [1.82, 2.24) is 0 Å². The van der Waals surface area contributed by atoms with E-state index in [1.807, 2.05) is 0 Å². The van der Waals surface area contributed by atoms with Gasteiger partial charge in [-0.05, 0) is 31.6 Å². The summed E-state index contributed by atoms with van der Waals surface area (Å²) in [6, 6.07) is 0. The normalized spacial score (nSPS) is 22.0. The van der Waals surface area contributed by atoms with E-state index < -0.39 is 0 Å². The second kappa shape index (κ2) is 10.8. The van der Waals surface area contributed by atoms with Crippen LogP contribution < -0.4 is 0 Å². The van der Waals surface area contributed by atoms with E-state index in [-0.39, 0.29) is 6.29 Å². The van der Waals surface area contributed by atoms with Gasteiger partial charge in [-0.3, -0.25) is 0 Å². The van der Waals surface area contributed by atoms with E-state index >= 15 is 0 Å². The Bertz CT molecular complexity index is 179. The van der Waals surface area contributed by atoms with Gasteiger partial charge in [-0.25, -0.2) is 0 Å². The first kappa shape index (κ1) is 15.9. The molecule has 2 unspecified atom stereocenters. The molecule has 1 rings (SSSR count). The number of hydrogen-bond acceptors (Lipinski definition) is 3. The zero-order valence-electron chi connectivity index (χ0n) is 12.2. The molecule has 1 fully saturated rings. The molecule has 0 radical (unpaired) electrons. The molecule has 0 N–H and O–H groups in total. The molecule has 0 aromatic rings. The highest BCUT2D eigenvalue weighted by molar-refractivity contribution is 4.56. The number of unbranched alkanes of at least 4 members (excludes halogenated alkanes) is 1. The van der Waals surface area contributed by atoms with Gasteiger partial charge < -0.3 is 14.2 Å². The topological polar surface area (TPSA) is 27.7 Å². The Labute approximate surface area is 112 Å². The van der Waals surface area contributed by atoms with Crippen LogP contribution in [0.1, 0.15) is 58.8 Å². The van der Waals surface area contributed by atoms with Crippen LogP contribution in [0.3, 0.4) is 0 Å². The van der Waals surface area contributed by atoms with Crippen LogP contribution in [0, 0.1) is 5.92 Å². The van der Waals surface area contributed by atoms with Crippen LogP contribution in [-0.2, 0) is 14.2 Å². The van der Waals surface area contributed by atoms with Gasteiger partial charge in [-0.1, -0.05) is 33.1 Å². The molecule has 0 aromatic carbocycles. The van der Waals surface area contributed by atoms with Gasteiger partial charge in [0.2, 0.25) is 0 Å². The lowest BCUT2D eigenvalue weighted by Crippen LogP contribution is -2.24. The minimum Gasteiger partial charge on any atom is -0.379 e. The second-order valence-electron chi connectivity index (χ2n) is 5.16. The molecule has 0 aliphatic carbocycles. The smallest absolute Gasteiger partial charge is 0.157 e. The standard InChI is InChI=1S/C15H30O3/c1-3-5-8-14(4-2)13-16-11-12-18-15-9-6-7-10-17-15/h14-15H,3-13H2,1-2H3. The molecule has 0 bridgehead atoms. The Morgan fingerprint density at radius 3 is 2.78 bits per heavy atom. The van der Waals surface area contributed by atoms with E-state index in [4.69, 9.17) is 14.2 Å². The van der Waals surface area contributed by atoms with E-state index in [2.05, 4.69) is 13.8 Å². The molecular formula is C15H30O3. The van der Waals surface area contributed by atoms with Crippen LogP contribution in [0.4, 0.5) is 0 Å². The lowest BCUT2D eigenvalue weighted by atomic mass is 10.0. The Morgan fingerprint density at radius 2 is 2.11 bits per heavy atom. The largest absolute Gasteiger partial charge is 0.379 e. The summed E-state index contributed by atoms with van der Waals surface area (Å²) in [6.07, 6.45) is 8.55. The average Bonchev–Trinajstić information content (AvgIpc) is 2.43. The lowest BCUT2D eigenvalue weighted by Gasteiger charge is -2.22. The minimum absolute atomic E-state index is 0.0180. The van der Waals surface area contributed by atoms with Crippen molar-refractivity contribution < 1.29 is 14.2 Å². The van der Waals surface area contributed by atoms with Crippen LogP contribution in [-0.4, -0.2) is 32.7 Å². The first-order valence-electron chi connectivity index (χ1n) is 7.67. The molecule has 0 spiro atoms. The third-order valence-corrected chi connectivity index (χ3v) is 3.57. The Morgan fingerprint density at radius 1 is 1.22 bits per heavy atom. The summed E-state index contributed by atoms with van der Waals surface area (Å²) in [5.74, 6) is 0.718. The maximum Gasteiger partial charge on any atom is 0.157 e. The van der Waals surface area contributed by atoms with Gasteiger partial charge in [0.1, 0.15) is 0 Å². The van der Waals surface area contributed by atoms with Crippen molar-refractivity contribution in [2.75, 3.05) is 26.4 Å². The summed E-state index contributed by atoms with van der Waals surface area (Å²) >= 11 is 0. The van der Waals surface area contributed by atoms with Crippen molar-refractivity contribution in [3.8, 4) is 0 Å². The molecule has 3 nitrogen and oxygen atoms in total. The van der Waals surface area contributed by atoms with Crippen LogP contribution >= 0.6 is 0 Å². The Kier molecular flexibility index (Phi) is 9.54. The van der Waals surface area contributed by atoms with Gasteiger partial charge >= 0.3 is 0 Å². The van der Waals surface area contributed by atoms with Crippen LogP contribution in [0.5, 0.6) is 0 Å². The molecule has 0 saturated carbocycles. The Balaban J connectivity index is 1.93. The summed E-state index contributed by atoms with van der Waals surface area (Å²) < 4.78 is 16.8. The van der Waals surface area contributed by atoms with Crippen molar-refractivity contribution in [2.45, 2.75) is 65.1 Å². The average molecular weight is 258 g/mol. The van der Waals surface area contributed by atoms with Gasteiger partial charge in [-0.2, -0.15) is 0 Å². The number of ether oxygens (including phenoxy) is 3. The molecule has 1 heterocycles. The predicted octanol–water partition coefficient (Wildman–Crippen LogP) is 3.76. The quantitative estimate of drug-likeness (QED) is 0.558. The van der Waals surface area contributed by atoms with E-state index in [0.717, 1.165) is 25.6 Å². The van der Waals surface area contributed by atoms with E-state index in [0.29, 0.717) is 13.2 Å². The van der Waals surface area contributed by atoms with Crippen LogP contribution in [0.25, 0.3) is 0 Å². The van der Waals surface area contributed by atoms with Gasteiger partial charge in [0.25, 0.3) is 0 Å². The summed E-state index contributed by atoms with van der Waals surface area (Å²) in [6.45, 7) is 7.57. The van der Waals surface area contributed by atoms with Crippen LogP contribution in [0.2, 0.25) is 0 Å². The zero-order valence-corrected chi connectivity index (χ0v) is 12.2.